The van der Waals surface area contributed by atoms with Gasteiger partial charge in [-0.2, -0.15) is 0 Å². The summed E-state index contributed by atoms with van der Waals surface area (Å²) in [7, 11) is 0. The van der Waals surface area contributed by atoms with Crippen molar-refractivity contribution in [3.63, 3.8) is 0 Å². The van der Waals surface area contributed by atoms with Crippen molar-refractivity contribution in [2.75, 3.05) is 36.9 Å². The SMILES string of the molecule is Nc1cnccc1N1CCCOCC1. The third kappa shape index (κ3) is 1.96. The highest BCUT2D eigenvalue weighted by Crippen LogP contribution is 2.21. The summed E-state index contributed by atoms with van der Waals surface area (Å²) in [5, 5.41) is 0. The van der Waals surface area contributed by atoms with Crippen LogP contribution < -0.4 is 10.6 Å². The Morgan fingerprint density at radius 3 is 3.14 bits per heavy atom. The van der Waals surface area contributed by atoms with Gasteiger partial charge in [-0.3, -0.25) is 4.98 Å². The minimum atomic E-state index is 0.745. The summed E-state index contributed by atoms with van der Waals surface area (Å²) >= 11 is 0. The van der Waals surface area contributed by atoms with Crippen LogP contribution >= 0.6 is 0 Å². The summed E-state index contributed by atoms with van der Waals surface area (Å²) in [6, 6.07) is 1.96. The zero-order valence-electron chi connectivity index (χ0n) is 8.15. The maximum atomic E-state index is 5.86. The lowest BCUT2D eigenvalue weighted by molar-refractivity contribution is 0.152. The quantitative estimate of drug-likeness (QED) is 0.719. The van der Waals surface area contributed by atoms with Gasteiger partial charge in [0.15, 0.2) is 0 Å². The molecule has 0 aliphatic carbocycles. The highest BCUT2D eigenvalue weighted by Gasteiger charge is 2.11. The topological polar surface area (TPSA) is 51.4 Å². The van der Waals surface area contributed by atoms with Crippen LogP contribution in [0.25, 0.3) is 0 Å². The van der Waals surface area contributed by atoms with Gasteiger partial charge < -0.3 is 15.4 Å². The Bertz CT molecular complexity index is 295. The summed E-state index contributed by atoms with van der Waals surface area (Å²) in [5.74, 6) is 0. The van der Waals surface area contributed by atoms with E-state index in [-0.39, 0.29) is 0 Å². The molecular formula is C10H15N3O. The van der Waals surface area contributed by atoms with Crippen LogP contribution in [0.2, 0.25) is 0 Å². The van der Waals surface area contributed by atoms with Gasteiger partial charge in [0.25, 0.3) is 0 Å². The number of hydrogen-bond acceptors (Lipinski definition) is 4. The number of ether oxygens (including phenoxy) is 1. The van der Waals surface area contributed by atoms with Crippen LogP contribution in [0.1, 0.15) is 6.42 Å². The zero-order chi connectivity index (χ0) is 9.80. The Morgan fingerprint density at radius 2 is 2.29 bits per heavy atom. The molecule has 14 heavy (non-hydrogen) atoms. The van der Waals surface area contributed by atoms with Gasteiger partial charge in [0, 0.05) is 25.9 Å². The average molecular weight is 193 g/mol. The molecule has 2 N–H and O–H groups in total. The van der Waals surface area contributed by atoms with E-state index in [0.717, 1.165) is 44.1 Å². The molecule has 2 rings (SSSR count). The number of rotatable bonds is 1. The molecule has 0 bridgehead atoms. The minimum absolute atomic E-state index is 0.745. The number of nitrogens with two attached hydrogens (primary N) is 1. The third-order valence-electron chi connectivity index (χ3n) is 2.39. The van der Waals surface area contributed by atoms with Gasteiger partial charge >= 0.3 is 0 Å². The predicted octanol–water partition coefficient (Wildman–Crippen LogP) is 0.891. The van der Waals surface area contributed by atoms with Crippen LogP contribution in [0, 0.1) is 0 Å². The molecule has 0 aromatic carbocycles. The molecule has 4 nitrogen and oxygen atoms in total. The number of pyridine rings is 1. The van der Waals surface area contributed by atoms with E-state index in [4.69, 9.17) is 10.5 Å². The monoisotopic (exact) mass is 193 g/mol. The fourth-order valence-electron chi connectivity index (χ4n) is 1.67. The van der Waals surface area contributed by atoms with Crippen LogP contribution in [0.4, 0.5) is 11.4 Å². The van der Waals surface area contributed by atoms with E-state index in [0.29, 0.717) is 0 Å². The number of nitrogen functional groups attached to an aromatic ring is 1. The lowest BCUT2D eigenvalue weighted by Crippen LogP contribution is -2.26. The molecule has 1 fully saturated rings. The second kappa shape index (κ2) is 4.28. The first-order valence-electron chi connectivity index (χ1n) is 4.90. The van der Waals surface area contributed by atoms with Crippen LogP contribution in [0.15, 0.2) is 18.5 Å². The fraction of sp³-hybridized carbons (Fsp3) is 0.500. The van der Waals surface area contributed by atoms with Crippen LogP contribution in [0.5, 0.6) is 0 Å². The van der Waals surface area contributed by atoms with E-state index < -0.39 is 0 Å². The van der Waals surface area contributed by atoms with E-state index in [1.807, 2.05) is 6.07 Å². The first-order valence-corrected chi connectivity index (χ1v) is 4.90. The Morgan fingerprint density at radius 1 is 1.36 bits per heavy atom. The van der Waals surface area contributed by atoms with Crippen LogP contribution in [0.3, 0.4) is 0 Å². The van der Waals surface area contributed by atoms with E-state index in [1.54, 1.807) is 12.4 Å². The lowest BCUT2D eigenvalue weighted by Gasteiger charge is -2.22. The van der Waals surface area contributed by atoms with Crippen molar-refractivity contribution in [3.8, 4) is 0 Å². The largest absolute Gasteiger partial charge is 0.396 e. The molecule has 1 aromatic heterocycles. The first-order chi connectivity index (χ1) is 6.88. The summed E-state index contributed by atoms with van der Waals surface area (Å²) in [4.78, 5) is 6.23. The van der Waals surface area contributed by atoms with Gasteiger partial charge in [0.05, 0.1) is 24.2 Å². The van der Waals surface area contributed by atoms with Crippen molar-refractivity contribution in [3.05, 3.63) is 18.5 Å². The van der Waals surface area contributed by atoms with Crippen LogP contribution in [-0.4, -0.2) is 31.3 Å². The molecule has 0 unspecified atom stereocenters. The molecule has 0 radical (unpaired) electrons. The number of nitrogens with zero attached hydrogens (tertiary/aromatic N) is 2. The first kappa shape index (κ1) is 9.27. The number of aromatic nitrogens is 1. The van der Waals surface area contributed by atoms with Gasteiger partial charge in [-0.05, 0) is 12.5 Å². The smallest absolute Gasteiger partial charge is 0.0738 e. The Balaban J connectivity index is 2.16. The maximum absolute atomic E-state index is 5.86. The second-order valence-corrected chi connectivity index (χ2v) is 3.39. The summed E-state index contributed by atoms with van der Waals surface area (Å²) in [6.45, 7) is 3.55. The van der Waals surface area contributed by atoms with Crippen molar-refractivity contribution in [1.29, 1.82) is 0 Å². The van der Waals surface area contributed by atoms with Gasteiger partial charge in [0.2, 0.25) is 0 Å². The summed E-state index contributed by atoms with van der Waals surface area (Å²) in [6.07, 6.45) is 4.53. The van der Waals surface area contributed by atoms with E-state index in [9.17, 15) is 0 Å². The van der Waals surface area contributed by atoms with Crippen molar-refractivity contribution >= 4 is 11.4 Å². The fourth-order valence-corrected chi connectivity index (χ4v) is 1.67. The molecule has 0 amide bonds. The Labute approximate surface area is 83.7 Å². The van der Waals surface area contributed by atoms with Gasteiger partial charge in [0.1, 0.15) is 0 Å². The number of anilines is 2. The molecule has 1 aromatic rings. The van der Waals surface area contributed by atoms with Crippen molar-refractivity contribution in [2.24, 2.45) is 0 Å². The Kier molecular flexibility index (Phi) is 2.84. The molecule has 0 saturated carbocycles. The highest BCUT2D eigenvalue weighted by atomic mass is 16.5. The van der Waals surface area contributed by atoms with Gasteiger partial charge in [-0.25, -0.2) is 0 Å². The van der Waals surface area contributed by atoms with E-state index >= 15 is 0 Å². The zero-order valence-corrected chi connectivity index (χ0v) is 8.15. The molecule has 2 heterocycles. The van der Waals surface area contributed by atoms with Crippen LogP contribution in [-0.2, 0) is 4.74 Å². The second-order valence-electron chi connectivity index (χ2n) is 3.39. The molecule has 1 aliphatic rings. The van der Waals surface area contributed by atoms with Crippen molar-refractivity contribution < 1.29 is 4.74 Å². The molecule has 1 saturated heterocycles. The molecule has 4 heteroatoms. The Hall–Kier alpha value is -1.29. The third-order valence-corrected chi connectivity index (χ3v) is 2.39. The predicted molar refractivity (Wildman–Crippen MR) is 56.3 cm³/mol. The molecular weight excluding hydrogens is 178 g/mol. The lowest BCUT2D eigenvalue weighted by atomic mass is 10.3. The molecule has 76 valence electrons. The van der Waals surface area contributed by atoms with E-state index in [2.05, 4.69) is 9.88 Å². The molecule has 0 atom stereocenters. The number of hydrogen-bond donors (Lipinski definition) is 1. The summed E-state index contributed by atoms with van der Waals surface area (Å²) < 4.78 is 5.39. The van der Waals surface area contributed by atoms with Gasteiger partial charge in [-0.1, -0.05) is 0 Å². The average Bonchev–Trinajstić information content (AvgIpc) is 2.47. The normalized spacial score (nSPS) is 17.9. The van der Waals surface area contributed by atoms with Gasteiger partial charge in [-0.15, -0.1) is 0 Å². The highest BCUT2D eigenvalue weighted by molar-refractivity contribution is 5.65. The van der Waals surface area contributed by atoms with E-state index in [1.165, 1.54) is 0 Å². The summed E-state index contributed by atoms with van der Waals surface area (Å²) in [5.41, 5.74) is 7.68. The van der Waals surface area contributed by atoms with Crippen molar-refractivity contribution in [2.45, 2.75) is 6.42 Å². The molecule has 0 spiro atoms. The molecule has 1 aliphatic heterocycles. The standard InChI is InChI=1S/C10H15N3O/c11-9-8-12-3-2-10(9)13-4-1-6-14-7-5-13/h2-3,8H,1,4-7,11H2. The van der Waals surface area contributed by atoms with Crippen molar-refractivity contribution in [1.82, 2.24) is 4.98 Å². The maximum Gasteiger partial charge on any atom is 0.0738 e. The minimum Gasteiger partial charge on any atom is -0.396 e.